The van der Waals surface area contributed by atoms with E-state index in [4.69, 9.17) is 18.9 Å². The summed E-state index contributed by atoms with van der Waals surface area (Å²) in [6, 6.07) is -0.295. The highest BCUT2D eigenvalue weighted by molar-refractivity contribution is 5.83. The van der Waals surface area contributed by atoms with Gasteiger partial charge < -0.3 is 44.7 Å². The topological polar surface area (TPSA) is 164 Å². The van der Waals surface area contributed by atoms with Crippen molar-refractivity contribution in [2.75, 3.05) is 14.2 Å². The van der Waals surface area contributed by atoms with Gasteiger partial charge in [-0.25, -0.2) is 0 Å². The molecule has 2 rings (SSSR count). The number of rotatable bonds is 5. The molecule has 1 unspecified atom stereocenters. The van der Waals surface area contributed by atoms with E-state index in [-0.39, 0.29) is 30.8 Å². The van der Waals surface area contributed by atoms with E-state index in [1.807, 2.05) is 6.92 Å². The minimum absolute atomic E-state index is 0.132. The summed E-state index contributed by atoms with van der Waals surface area (Å²) < 4.78 is 24.0. The molecule has 0 saturated carbocycles. The molecule has 11 nitrogen and oxygen atoms in total. The molecule has 11 heteroatoms. The van der Waals surface area contributed by atoms with Crippen molar-refractivity contribution in [3.63, 3.8) is 0 Å². The number of methoxy groups -OCH3 is 1. The number of aliphatic hydroxyl groups is 4. The lowest BCUT2D eigenvalue weighted by atomic mass is 9.74. The molecular formula is C29H53NO10. The summed E-state index contributed by atoms with van der Waals surface area (Å²) in [5, 5.41) is 47.9. The summed E-state index contributed by atoms with van der Waals surface area (Å²) in [5.41, 5.74) is -3.11. The van der Waals surface area contributed by atoms with Crippen LogP contribution < -0.4 is 5.32 Å². The van der Waals surface area contributed by atoms with Crippen molar-refractivity contribution in [3.8, 4) is 0 Å². The molecule has 2 fully saturated rings. The highest BCUT2D eigenvalue weighted by atomic mass is 16.7. The van der Waals surface area contributed by atoms with Gasteiger partial charge in [0.05, 0.1) is 35.9 Å². The van der Waals surface area contributed by atoms with Gasteiger partial charge in [0.2, 0.25) is 0 Å². The minimum atomic E-state index is -1.91. The van der Waals surface area contributed by atoms with Crippen LogP contribution in [0.4, 0.5) is 0 Å². The molecule has 40 heavy (non-hydrogen) atoms. The number of aliphatic hydroxyl groups excluding tert-OH is 3. The highest BCUT2D eigenvalue weighted by Gasteiger charge is 2.51. The zero-order valence-corrected chi connectivity index (χ0v) is 25.8. The first-order valence-corrected chi connectivity index (χ1v) is 14.5. The molecule has 0 aromatic heterocycles. The Balaban J connectivity index is 2.59. The first-order chi connectivity index (χ1) is 18.5. The van der Waals surface area contributed by atoms with Gasteiger partial charge in [-0.3, -0.25) is 9.59 Å². The van der Waals surface area contributed by atoms with Gasteiger partial charge >= 0.3 is 5.97 Å². The molecule has 0 aromatic carbocycles. The average Bonchev–Trinajstić information content (AvgIpc) is 2.92. The van der Waals surface area contributed by atoms with Crippen LogP contribution in [0.25, 0.3) is 0 Å². The van der Waals surface area contributed by atoms with Crippen LogP contribution in [-0.2, 0) is 28.5 Å². The number of hydrogen-bond acceptors (Lipinski definition) is 11. The lowest BCUT2D eigenvalue weighted by Gasteiger charge is -2.47. The number of esters is 1. The second-order valence-electron chi connectivity index (χ2n) is 12.4. The Morgan fingerprint density at radius 2 is 1.62 bits per heavy atom. The van der Waals surface area contributed by atoms with Crippen molar-refractivity contribution in [1.82, 2.24) is 5.32 Å². The number of nitrogens with one attached hydrogen (secondary N) is 1. The third kappa shape index (κ3) is 7.23. The van der Waals surface area contributed by atoms with Gasteiger partial charge in [0.15, 0.2) is 6.29 Å². The zero-order valence-electron chi connectivity index (χ0n) is 25.8. The van der Waals surface area contributed by atoms with Crippen molar-refractivity contribution in [1.29, 1.82) is 0 Å². The smallest absolute Gasteiger partial charge is 0.311 e. The van der Waals surface area contributed by atoms with Crippen molar-refractivity contribution >= 4 is 11.8 Å². The number of cyclic esters (lactones) is 1. The molecule has 0 aromatic rings. The molecule has 5 N–H and O–H groups in total. The molecule has 2 aliphatic rings. The summed E-state index contributed by atoms with van der Waals surface area (Å²) in [6.07, 6.45) is -6.30. The van der Waals surface area contributed by atoms with E-state index in [1.54, 1.807) is 34.7 Å². The minimum Gasteiger partial charge on any atom is -0.459 e. The standard InChI is InChI=1S/C29H53NO10/c1-11-20-29(8,36)24(34)16(4)21(31)14(2)13-28(7,37-10)25(17(5)22(32)18(6)26(35)39-20)40-27-23(33)19(30-9)12-15(3)38-27/h14-20,22-25,27,30,32-34,36H,11-13H2,1-10H3/t14-,15+,16-,17-,18+,19-,20+,22-,23-,24+,25-,27?,28+,29+/m0/s1. The molecule has 2 saturated heterocycles. The van der Waals surface area contributed by atoms with Crippen molar-refractivity contribution in [2.24, 2.45) is 23.7 Å². The number of carbonyl (C=O) groups excluding carboxylic acids is 2. The molecule has 0 amide bonds. The third-order valence-electron chi connectivity index (χ3n) is 9.26. The maximum Gasteiger partial charge on any atom is 0.311 e. The van der Waals surface area contributed by atoms with Gasteiger partial charge in [0.25, 0.3) is 0 Å². The lowest BCUT2D eigenvalue weighted by molar-refractivity contribution is -0.296. The highest BCUT2D eigenvalue weighted by Crippen LogP contribution is 2.38. The summed E-state index contributed by atoms with van der Waals surface area (Å²) in [6.45, 7) is 13.2. The monoisotopic (exact) mass is 575 g/mol. The number of likely N-dealkylation sites (N-methyl/N-ethyl adjacent to an activating group) is 1. The first-order valence-electron chi connectivity index (χ1n) is 14.5. The quantitative estimate of drug-likeness (QED) is 0.299. The maximum absolute atomic E-state index is 13.6. The zero-order chi connectivity index (χ0) is 30.7. The normalized spacial score (nSPS) is 48.4. The summed E-state index contributed by atoms with van der Waals surface area (Å²) in [7, 11) is 3.22. The molecule has 0 radical (unpaired) electrons. The Morgan fingerprint density at radius 1 is 1.02 bits per heavy atom. The fourth-order valence-corrected chi connectivity index (χ4v) is 6.38. The van der Waals surface area contributed by atoms with E-state index in [2.05, 4.69) is 5.32 Å². The van der Waals surface area contributed by atoms with Crippen LogP contribution in [0, 0.1) is 23.7 Å². The van der Waals surface area contributed by atoms with Crippen LogP contribution in [0.15, 0.2) is 0 Å². The van der Waals surface area contributed by atoms with E-state index < -0.39 is 77.7 Å². The number of ketones is 1. The second kappa shape index (κ2) is 13.9. The van der Waals surface area contributed by atoms with Gasteiger partial charge in [0, 0.05) is 30.9 Å². The van der Waals surface area contributed by atoms with Crippen LogP contribution in [0.2, 0.25) is 0 Å². The maximum atomic E-state index is 13.6. The van der Waals surface area contributed by atoms with Crippen molar-refractivity contribution < 1.29 is 49.0 Å². The third-order valence-corrected chi connectivity index (χ3v) is 9.26. The fourth-order valence-electron chi connectivity index (χ4n) is 6.38. The number of Topliss-reactive ketones (excluding diaryl/α,β-unsaturated/α-hetero) is 1. The molecular weight excluding hydrogens is 522 g/mol. The van der Waals surface area contributed by atoms with Crippen molar-refractivity contribution in [3.05, 3.63) is 0 Å². The van der Waals surface area contributed by atoms with Crippen LogP contribution >= 0.6 is 0 Å². The Morgan fingerprint density at radius 3 is 2.15 bits per heavy atom. The lowest BCUT2D eigenvalue weighted by Crippen LogP contribution is -2.60. The summed E-state index contributed by atoms with van der Waals surface area (Å²) in [5.74, 6) is -4.49. The number of carbonyl (C=O) groups is 2. The fraction of sp³-hybridized carbons (Fsp3) is 0.931. The molecule has 0 spiro atoms. The van der Waals surface area contributed by atoms with Crippen LogP contribution in [0.3, 0.4) is 0 Å². The average molecular weight is 576 g/mol. The van der Waals surface area contributed by atoms with Gasteiger partial charge in [0.1, 0.15) is 23.6 Å². The molecule has 234 valence electrons. The van der Waals surface area contributed by atoms with Crippen LogP contribution in [0.1, 0.15) is 74.7 Å². The SMILES string of the molecule is CC[C@H]1OC(=O)[C@H](C)[C@@H](O)[C@H](C)[C@H](OC2O[C@H](C)C[C@H](NC)[C@@H]2O)[C@](C)(OC)C[C@H](C)C(=O)[C@H](C)[C@@H](O)[C@]1(C)O. The van der Waals surface area contributed by atoms with Crippen LogP contribution in [-0.4, -0.2) is 106 Å². The van der Waals surface area contributed by atoms with Gasteiger partial charge in [-0.05, 0) is 54.0 Å². The number of hydrogen-bond donors (Lipinski definition) is 5. The summed E-state index contributed by atoms with van der Waals surface area (Å²) >= 11 is 0. The first kappa shape index (κ1) is 35.0. The summed E-state index contributed by atoms with van der Waals surface area (Å²) in [4.78, 5) is 26.8. The Kier molecular flexibility index (Phi) is 12.1. The van der Waals surface area contributed by atoms with E-state index in [0.717, 1.165) is 0 Å². The Bertz CT molecular complexity index is 855. The molecule has 0 bridgehead atoms. The van der Waals surface area contributed by atoms with Crippen LogP contribution in [0.5, 0.6) is 0 Å². The van der Waals surface area contributed by atoms with Gasteiger partial charge in [-0.2, -0.15) is 0 Å². The molecule has 14 atom stereocenters. The Labute approximate surface area is 238 Å². The van der Waals surface area contributed by atoms with E-state index in [0.29, 0.717) is 6.42 Å². The number of ether oxygens (including phenoxy) is 4. The predicted octanol–water partition coefficient (Wildman–Crippen LogP) is 1.17. The Hall–Kier alpha value is -1.18. The van der Waals surface area contributed by atoms with E-state index >= 15 is 0 Å². The van der Waals surface area contributed by atoms with Gasteiger partial charge in [-0.15, -0.1) is 0 Å². The van der Waals surface area contributed by atoms with E-state index in [1.165, 1.54) is 27.9 Å². The molecule has 2 heterocycles. The van der Waals surface area contributed by atoms with Crippen molar-refractivity contribution in [2.45, 2.75) is 135 Å². The molecule has 0 aliphatic carbocycles. The predicted molar refractivity (Wildman–Crippen MR) is 147 cm³/mol. The van der Waals surface area contributed by atoms with Gasteiger partial charge in [-0.1, -0.05) is 27.7 Å². The second-order valence-corrected chi connectivity index (χ2v) is 12.4. The largest absolute Gasteiger partial charge is 0.459 e. The molecule has 2 aliphatic heterocycles. The van der Waals surface area contributed by atoms with E-state index in [9.17, 15) is 30.0 Å².